The zero-order chi connectivity index (χ0) is 17.0. The van der Waals surface area contributed by atoms with E-state index in [9.17, 15) is 9.59 Å². The first kappa shape index (κ1) is 17.1. The lowest BCUT2D eigenvalue weighted by atomic mass is 9.81. The zero-order valence-electron chi connectivity index (χ0n) is 13.7. The number of aryl methyl sites for hydroxylation is 1. The Labute approximate surface area is 135 Å². The summed E-state index contributed by atoms with van der Waals surface area (Å²) in [5.74, 6) is -0.494. The minimum Gasteiger partial charge on any atom is -0.493 e. The molecular formula is C17H23NO5. The maximum atomic E-state index is 12.5. The number of anilines is 1. The normalized spacial score (nSPS) is 20.7. The number of hydrogen-bond donors (Lipinski definition) is 2. The third kappa shape index (κ3) is 3.94. The average Bonchev–Trinajstić information content (AvgIpc) is 2.56. The monoisotopic (exact) mass is 321 g/mol. The zero-order valence-corrected chi connectivity index (χ0v) is 13.7. The fraction of sp³-hybridized carbons (Fsp3) is 0.529. The maximum absolute atomic E-state index is 12.5. The van der Waals surface area contributed by atoms with E-state index in [1.54, 1.807) is 19.2 Å². The van der Waals surface area contributed by atoms with Crippen molar-refractivity contribution in [2.75, 3.05) is 19.5 Å². The van der Waals surface area contributed by atoms with Crippen LogP contribution in [-0.2, 0) is 9.59 Å². The fourth-order valence-electron chi connectivity index (χ4n) is 3.00. The van der Waals surface area contributed by atoms with Crippen LogP contribution in [0, 0.1) is 18.8 Å². The highest BCUT2D eigenvalue weighted by atomic mass is 16.5. The van der Waals surface area contributed by atoms with E-state index < -0.39 is 11.9 Å². The van der Waals surface area contributed by atoms with Gasteiger partial charge in [-0.3, -0.25) is 9.59 Å². The summed E-state index contributed by atoms with van der Waals surface area (Å²) in [4.78, 5) is 23.6. The largest absolute Gasteiger partial charge is 0.493 e. The predicted octanol–water partition coefficient (Wildman–Crippen LogP) is 2.84. The molecule has 1 aliphatic rings. The average molecular weight is 321 g/mol. The first-order valence-corrected chi connectivity index (χ1v) is 7.72. The third-order valence-corrected chi connectivity index (χ3v) is 4.38. The van der Waals surface area contributed by atoms with E-state index in [0.29, 0.717) is 30.0 Å². The van der Waals surface area contributed by atoms with E-state index >= 15 is 0 Å². The van der Waals surface area contributed by atoms with Crippen molar-refractivity contribution in [3.8, 4) is 11.5 Å². The number of methoxy groups -OCH3 is 2. The molecule has 2 atom stereocenters. The van der Waals surface area contributed by atoms with Crippen molar-refractivity contribution in [3.63, 3.8) is 0 Å². The highest BCUT2D eigenvalue weighted by molar-refractivity contribution is 5.94. The number of benzene rings is 1. The van der Waals surface area contributed by atoms with Crippen LogP contribution in [0.5, 0.6) is 11.5 Å². The third-order valence-electron chi connectivity index (χ3n) is 4.38. The van der Waals surface area contributed by atoms with Crippen molar-refractivity contribution in [1.29, 1.82) is 0 Å². The number of carbonyl (C=O) groups is 2. The number of aliphatic carboxylic acids is 1. The molecule has 0 aromatic heterocycles. The molecule has 0 aliphatic heterocycles. The second-order valence-electron chi connectivity index (χ2n) is 5.91. The molecule has 0 bridgehead atoms. The Bertz CT molecular complexity index is 599. The van der Waals surface area contributed by atoms with Crippen molar-refractivity contribution in [1.82, 2.24) is 0 Å². The van der Waals surface area contributed by atoms with Crippen LogP contribution >= 0.6 is 0 Å². The van der Waals surface area contributed by atoms with Gasteiger partial charge in [0.25, 0.3) is 0 Å². The van der Waals surface area contributed by atoms with Gasteiger partial charge >= 0.3 is 5.97 Å². The SMILES string of the molecule is COc1cc(C)c(NC(=O)C2CCCC(C(=O)O)C2)cc1OC. The standard InChI is InChI=1S/C17H23NO5/c1-10-7-14(22-2)15(23-3)9-13(10)18-16(19)11-5-4-6-12(8-11)17(20)21/h7,9,11-12H,4-6,8H2,1-3H3,(H,18,19)(H,20,21). The van der Waals surface area contributed by atoms with E-state index in [4.69, 9.17) is 14.6 Å². The van der Waals surface area contributed by atoms with Crippen LogP contribution in [0.1, 0.15) is 31.2 Å². The number of amides is 1. The van der Waals surface area contributed by atoms with Crippen molar-refractivity contribution < 1.29 is 24.2 Å². The minimum absolute atomic E-state index is 0.133. The van der Waals surface area contributed by atoms with Gasteiger partial charge in [-0.2, -0.15) is 0 Å². The number of carboxylic acid groups (broad SMARTS) is 1. The Hall–Kier alpha value is -2.24. The minimum atomic E-state index is -0.815. The second-order valence-corrected chi connectivity index (χ2v) is 5.91. The first-order valence-electron chi connectivity index (χ1n) is 7.72. The second kappa shape index (κ2) is 7.35. The Balaban J connectivity index is 2.12. The lowest BCUT2D eigenvalue weighted by Crippen LogP contribution is -2.31. The van der Waals surface area contributed by atoms with Crippen molar-refractivity contribution in [2.24, 2.45) is 11.8 Å². The number of nitrogens with one attached hydrogen (secondary N) is 1. The number of carboxylic acids is 1. The van der Waals surface area contributed by atoms with Crippen molar-refractivity contribution in [2.45, 2.75) is 32.6 Å². The molecule has 0 spiro atoms. The Morgan fingerprint density at radius 1 is 1.13 bits per heavy atom. The lowest BCUT2D eigenvalue weighted by Gasteiger charge is -2.26. The fourth-order valence-corrected chi connectivity index (χ4v) is 3.00. The summed E-state index contributed by atoms with van der Waals surface area (Å²) in [7, 11) is 3.10. The van der Waals surface area contributed by atoms with Crippen molar-refractivity contribution in [3.05, 3.63) is 17.7 Å². The Morgan fingerprint density at radius 2 is 1.74 bits per heavy atom. The van der Waals surface area contributed by atoms with Gasteiger partial charge in [-0.05, 0) is 37.8 Å². The molecule has 23 heavy (non-hydrogen) atoms. The van der Waals surface area contributed by atoms with Crippen LogP contribution in [0.15, 0.2) is 12.1 Å². The summed E-state index contributed by atoms with van der Waals surface area (Å²) in [5, 5.41) is 12.0. The molecule has 1 aromatic carbocycles. The smallest absolute Gasteiger partial charge is 0.306 e. The highest BCUT2D eigenvalue weighted by Crippen LogP contribution is 2.34. The molecule has 1 amide bonds. The van der Waals surface area contributed by atoms with Crippen LogP contribution in [0.25, 0.3) is 0 Å². The van der Waals surface area contributed by atoms with Crippen LogP contribution in [-0.4, -0.2) is 31.2 Å². The predicted molar refractivity (Wildman–Crippen MR) is 86.0 cm³/mol. The molecule has 0 radical (unpaired) electrons. The van der Waals surface area contributed by atoms with Gasteiger partial charge in [-0.1, -0.05) is 6.42 Å². The van der Waals surface area contributed by atoms with E-state index in [0.717, 1.165) is 18.4 Å². The summed E-state index contributed by atoms with van der Waals surface area (Å²) in [6.45, 7) is 1.87. The molecule has 0 heterocycles. The molecule has 0 saturated heterocycles. The quantitative estimate of drug-likeness (QED) is 0.871. The van der Waals surface area contributed by atoms with Crippen molar-refractivity contribution >= 4 is 17.6 Å². The molecular weight excluding hydrogens is 298 g/mol. The topological polar surface area (TPSA) is 84.9 Å². The van der Waals surface area contributed by atoms with Gasteiger partial charge in [-0.25, -0.2) is 0 Å². The van der Waals surface area contributed by atoms with Gasteiger partial charge in [0.1, 0.15) is 0 Å². The van der Waals surface area contributed by atoms with Crippen LogP contribution in [0.2, 0.25) is 0 Å². The molecule has 2 unspecified atom stereocenters. The van der Waals surface area contributed by atoms with E-state index in [-0.39, 0.29) is 11.8 Å². The molecule has 1 fully saturated rings. The van der Waals surface area contributed by atoms with E-state index in [2.05, 4.69) is 5.32 Å². The van der Waals surface area contributed by atoms with Gasteiger partial charge in [0.05, 0.1) is 20.1 Å². The molecule has 2 N–H and O–H groups in total. The molecule has 1 aliphatic carbocycles. The summed E-state index contributed by atoms with van der Waals surface area (Å²) < 4.78 is 10.5. The molecule has 1 aromatic rings. The highest BCUT2D eigenvalue weighted by Gasteiger charge is 2.31. The summed E-state index contributed by atoms with van der Waals surface area (Å²) >= 11 is 0. The summed E-state index contributed by atoms with van der Waals surface area (Å²) in [6, 6.07) is 3.53. The summed E-state index contributed by atoms with van der Waals surface area (Å²) in [6.07, 6.45) is 2.53. The first-order chi connectivity index (χ1) is 11.0. The Morgan fingerprint density at radius 3 is 2.35 bits per heavy atom. The Kier molecular flexibility index (Phi) is 5.47. The van der Waals surface area contributed by atoms with Gasteiger partial charge in [0, 0.05) is 17.7 Å². The van der Waals surface area contributed by atoms with E-state index in [1.165, 1.54) is 7.11 Å². The van der Waals surface area contributed by atoms with Gasteiger partial charge in [-0.15, -0.1) is 0 Å². The molecule has 2 rings (SSSR count). The lowest BCUT2D eigenvalue weighted by molar-refractivity contribution is -0.143. The molecule has 126 valence electrons. The van der Waals surface area contributed by atoms with Gasteiger partial charge in [0.2, 0.25) is 5.91 Å². The van der Waals surface area contributed by atoms with Crippen LogP contribution < -0.4 is 14.8 Å². The van der Waals surface area contributed by atoms with Crippen LogP contribution in [0.4, 0.5) is 5.69 Å². The maximum Gasteiger partial charge on any atom is 0.306 e. The number of rotatable bonds is 5. The molecule has 6 heteroatoms. The summed E-state index contributed by atoms with van der Waals surface area (Å²) in [5.41, 5.74) is 1.52. The van der Waals surface area contributed by atoms with Gasteiger partial charge < -0.3 is 19.9 Å². The van der Waals surface area contributed by atoms with Gasteiger partial charge in [0.15, 0.2) is 11.5 Å². The number of carbonyl (C=O) groups excluding carboxylic acids is 1. The molecule has 6 nitrogen and oxygen atoms in total. The van der Waals surface area contributed by atoms with Crippen LogP contribution in [0.3, 0.4) is 0 Å². The van der Waals surface area contributed by atoms with E-state index in [1.807, 2.05) is 6.92 Å². The number of ether oxygens (including phenoxy) is 2. The number of hydrogen-bond acceptors (Lipinski definition) is 4. The molecule has 1 saturated carbocycles.